The van der Waals surface area contributed by atoms with E-state index in [2.05, 4.69) is 30.8 Å². The predicted molar refractivity (Wildman–Crippen MR) is 24.1 cm³/mol. The zero-order chi connectivity index (χ0) is 4.41. The van der Waals surface area contributed by atoms with Crippen LogP contribution >= 0.6 is 0 Å². The Morgan fingerprint density at radius 2 is 2.50 bits per heavy atom. The Balaban J connectivity index is 2.86. The average Bonchev–Trinajstić information content (AvgIpc) is 1.86. The van der Waals surface area contributed by atoms with Crippen molar-refractivity contribution in [3.63, 3.8) is 0 Å². The molecule has 6 heavy (non-hydrogen) atoms. The van der Waals surface area contributed by atoms with E-state index in [0.29, 0.717) is 4.67 Å². The molecule has 0 aromatic carbocycles. The molecule has 30 valence electrons. The van der Waals surface area contributed by atoms with E-state index in [9.17, 15) is 0 Å². The Bertz CT molecular complexity index is 111. The molecule has 0 aromatic rings. The zero-order valence-electron chi connectivity index (χ0n) is 2.83. The number of rotatable bonds is 0. The van der Waals surface area contributed by atoms with Crippen LogP contribution in [-0.4, -0.2) is 26.6 Å². The summed E-state index contributed by atoms with van der Waals surface area (Å²) in [5, 5.41) is 6.93. The summed E-state index contributed by atoms with van der Waals surface area (Å²) in [6.45, 7) is 0. The van der Waals surface area contributed by atoms with Crippen LogP contribution in [0.3, 0.4) is 0 Å². The molecule has 3 nitrogen and oxygen atoms in total. The van der Waals surface area contributed by atoms with Gasteiger partial charge in [-0.1, -0.05) is 0 Å². The molecule has 0 saturated carbocycles. The van der Waals surface area contributed by atoms with E-state index in [1.54, 1.807) is 0 Å². The van der Waals surface area contributed by atoms with Gasteiger partial charge in [-0.25, -0.2) is 0 Å². The molecule has 0 aliphatic carbocycles. The number of hydrogen-bond acceptors (Lipinski definition) is 3. The molecule has 0 fully saturated rings. The Morgan fingerprint density at radius 3 is 2.67 bits per heavy atom. The van der Waals surface area contributed by atoms with Gasteiger partial charge in [0, 0.05) is 0 Å². The van der Waals surface area contributed by atoms with Crippen LogP contribution in [0.1, 0.15) is 0 Å². The Hall–Kier alpha value is -0.341. The Labute approximate surface area is 42.5 Å². The number of nitrogens with zero attached hydrogens (tertiary/aromatic N) is 3. The fraction of sp³-hybridized carbons (Fsp3) is 0. The molecule has 1 aliphatic heterocycles. The van der Waals surface area contributed by atoms with Gasteiger partial charge in [0.1, 0.15) is 0 Å². The molecule has 0 amide bonds. The summed E-state index contributed by atoms with van der Waals surface area (Å²) >= 11 is 2.60. The van der Waals surface area contributed by atoms with Crippen LogP contribution in [0.4, 0.5) is 0 Å². The van der Waals surface area contributed by atoms with Crippen molar-refractivity contribution in [2.45, 2.75) is 0 Å². The second-order valence-corrected chi connectivity index (χ2v) is 1.51. The molecule has 0 radical (unpaired) electrons. The van der Waals surface area contributed by atoms with Gasteiger partial charge in [-0.3, -0.25) is 0 Å². The summed E-state index contributed by atoms with van der Waals surface area (Å²) in [4.78, 5) is 3.64. The first-order valence-electron chi connectivity index (χ1n) is 1.37. The molecule has 1 aliphatic rings. The average molecular weight is 146 g/mol. The van der Waals surface area contributed by atoms with Gasteiger partial charge in [0.05, 0.1) is 0 Å². The van der Waals surface area contributed by atoms with Gasteiger partial charge in [-0.15, -0.1) is 0 Å². The van der Waals surface area contributed by atoms with Gasteiger partial charge < -0.3 is 0 Å². The minimum absolute atomic E-state index is 0.606. The van der Waals surface area contributed by atoms with Gasteiger partial charge in [0.2, 0.25) is 0 Å². The van der Waals surface area contributed by atoms with Crippen molar-refractivity contribution in [3.05, 3.63) is 0 Å². The number of hydrogen-bond donors (Lipinski definition) is 0. The quantitative estimate of drug-likeness (QED) is 0.422. The second-order valence-electron chi connectivity index (χ2n) is 0.743. The van der Waals surface area contributed by atoms with E-state index in [0.717, 1.165) is 0 Å². The first kappa shape index (κ1) is 3.84. The Kier molecular flexibility index (Phi) is 0.900. The van der Waals surface area contributed by atoms with Crippen molar-refractivity contribution in [1.29, 1.82) is 0 Å². The molecule has 4 heteroatoms. The van der Waals surface area contributed by atoms with E-state index in [1.165, 1.54) is 6.34 Å². The van der Waals surface area contributed by atoms with Crippen molar-refractivity contribution >= 4 is 26.6 Å². The summed E-state index contributed by atoms with van der Waals surface area (Å²) in [5.41, 5.74) is 0. The van der Waals surface area contributed by atoms with Crippen molar-refractivity contribution < 1.29 is 0 Å². The normalized spacial score (nSPS) is 17.0. The van der Waals surface area contributed by atoms with E-state index in [1.807, 2.05) is 0 Å². The summed E-state index contributed by atoms with van der Waals surface area (Å²) in [6.07, 6.45) is 1.39. The van der Waals surface area contributed by atoms with E-state index in [-0.39, 0.29) is 0 Å². The molecule has 1 rings (SSSR count). The van der Waals surface area contributed by atoms with E-state index < -0.39 is 0 Å². The third-order valence-corrected chi connectivity index (χ3v) is 0.756. The third-order valence-electron chi connectivity index (χ3n) is 0.363. The summed E-state index contributed by atoms with van der Waals surface area (Å²) < 4.78 is 0.606. The van der Waals surface area contributed by atoms with Crippen LogP contribution in [0.5, 0.6) is 0 Å². The molecular formula is C2HN3Se. The molecule has 1 heterocycles. The zero-order valence-corrected chi connectivity index (χ0v) is 4.54. The van der Waals surface area contributed by atoms with Crippen LogP contribution < -0.4 is 0 Å². The van der Waals surface area contributed by atoms with Crippen LogP contribution in [0, 0.1) is 0 Å². The monoisotopic (exact) mass is 147 g/mol. The fourth-order valence-corrected chi connectivity index (χ4v) is 0.374. The molecule has 0 unspecified atom stereocenters. The number of azo groups is 1. The van der Waals surface area contributed by atoms with Gasteiger partial charge in [-0.2, -0.15) is 0 Å². The first-order valence-corrected chi connectivity index (χ1v) is 2.22. The molecule has 0 aromatic heterocycles. The van der Waals surface area contributed by atoms with Crippen molar-refractivity contribution in [2.24, 2.45) is 15.2 Å². The standard InChI is InChI=1S/C2HN3Se/c6-2-3-1-4-5-2/h1H. The van der Waals surface area contributed by atoms with Crippen LogP contribution in [-0.2, 0) is 0 Å². The van der Waals surface area contributed by atoms with E-state index >= 15 is 0 Å². The molecule has 0 N–H and O–H groups in total. The fourth-order valence-electron chi connectivity index (χ4n) is 0.176. The van der Waals surface area contributed by atoms with Crippen molar-refractivity contribution in [1.82, 2.24) is 0 Å². The van der Waals surface area contributed by atoms with Crippen LogP contribution in [0.2, 0.25) is 0 Å². The van der Waals surface area contributed by atoms with Gasteiger partial charge >= 0.3 is 41.8 Å². The molecule has 0 bridgehead atoms. The molecular weight excluding hydrogens is 145 g/mol. The summed E-state index contributed by atoms with van der Waals surface area (Å²) in [5.74, 6) is 0. The summed E-state index contributed by atoms with van der Waals surface area (Å²) in [6, 6.07) is 0. The number of aliphatic imine (C=N–C) groups is 1. The predicted octanol–water partition coefficient (Wildman–Crippen LogP) is -0.264. The van der Waals surface area contributed by atoms with Crippen molar-refractivity contribution in [2.75, 3.05) is 0 Å². The summed E-state index contributed by atoms with van der Waals surface area (Å²) in [7, 11) is 0. The maximum absolute atomic E-state index is 3.64. The van der Waals surface area contributed by atoms with Gasteiger partial charge in [0.25, 0.3) is 0 Å². The maximum atomic E-state index is 3.64. The molecule has 0 saturated heterocycles. The Morgan fingerprint density at radius 1 is 1.67 bits per heavy atom. The van der Waals surface area contributed by atoms with Crippen LogP contribution in [0.15, 0.2) is 15.2 Å². The first-order chi connectivity index (χ1) is 2.89. The third kappa shape index (κ3) is 0.584. The SMILES string of the molecule is [Se]=C1N=CN=N1. The topological polar surface area (TPSA) is 37.1 Å². The molecule has 0 spiro atoms. The van der Waals surface area contributed by atoms with Gasteiger partial charge in [-0.05, 0) is 0 Å². The van der Waals surface area contributed by atoms with Crippen molar-refractivity contribution in [3.8, 4) is 0 Å². The molecule has 0 atom stereocenters. The van der Waals surface area contributed by atoms with Crippen LogP contribution in [0.25, 0.3) is 0 Å². The van der Waals surface area contributed by atoms with Gasteiger partial charge in [0.15, 0.2) is 0 Å². The second kappa shape index (κ2) is 1.41. The van der Waals surface area contributed by atoms with E-state index in [4.69, 9.17) is 0 Å². The minimum atomic E-state index is 0.606.